The Morgan fingerprint density at radius 2 is 1.95 bits per heavy atom. The highest BCUT2D eigenvalue weighted by molar-refractivity contribution is 7.91. The van der Waals surface area contributed by atoms with Crippen molar-refractivity contribution in [1.29, 1.82) is 0 Å². The van der Waals surface area contributed by atoms with Gasteiger partial charge in [-0.25, -0.2) is 13.2 Å². The van der Waals surface area contributed by atoms with E-state index in [0.29, 0.717) is 19.0 Å². The first-order valence-electron chi connectivity index (χ1n) is 6.68. The second-order valence-corrected chi connectivity index (χ2v) is 7.67. The van der Waals surface area contributed by atoms with Gasteiger partial charge >= 0.3 is 5.97 Å². The maximum Gasteiger partial charge on any atom is 0.336 e. The van der Waals surface area contributed by atoms with E-state index in [9.17, 15) is 13.2 Å². The van der Waals surface area contributed by atoms with Crippen molar-refractivity contribution in [2.75, 3.05) is 13.1 Å². The number of carboxylic acid groups (broad SMARTS) is 1. The van der Waals surface area contributed by atoms with Crippen molar-refractivity contribution in [3.8, 4) is 0 Å². The van der Waals surface area contributed by atoms with Crippen LogP contribution in [0.4, 0.5) is 0 Å². The lowest BCUT2D eigenvalue weighted by atomic mass is 10.0. The number of nitrogens with zero attached hydrogens (tertiary/aromatic N) is 1. The van der Waals surface area contributed by atoms with E-state index in [-0.39, 0.29) is 9.77 Å². The Morgan fingerprint density at radius 1 is 1.35 bits per heavy atom. The highest BCUT2D eigenvalue weighted by Crippen LogP contribution is 2.25. The van der Waals surface area contributed by atoms with Crippen LogP contribution in [-0.2, 0) is 10.0 Å². The topological polar surface area (TPSA) is 74.7 Å². The van der Waals surface area contributed by atoms with E-state index < -0.39 is 16.0 Å². The molecule has 0 radical (unpaired) electrons. The number of hydrogen-bond acceptors (Lipinski definition) is 4. The predicted octanol–water partition coefficient (Wildman–Crippen LogP) is 2.89. The number of aromatic carboxylic acids is 1. The van der Waals surface area contributed by atoms with Crippen molar-refractivity contribution in [2.45, 2.75) is 37.8 Å². The average molecular weight is 319 g/mol. The lowest BCUT2D eigenvalue weighted by Crippen LogP contribution is -2.34. The van der Waals surface area contributed by atoms with Crippen molar-refractivity contribution in [2.24, 2.45) is 5.92 Å². The zero-order valence-electron chi connectivity index (χ0n) is 12.0. The third-order valence-corrected chi connectivity index (χ3v) is 6.74. The summed E-state index contributed by atoms with van der Waals surface area (Å²) in [6.45, 7) is 6.75. The molecule has 0 aliphatic heterocycles. The fourth-order valence-electron chi connectivity index (χ4n) is 1.92. The zero-order valence-corrected chi connectivity index (χ0v) is 13.6. The summed E-state index contributed by atoms with van der Waals surface area (Å²) in [4.78, 5) is 10.8. The molecule has 1 rings (SSSR count). The number of sulfonamides is 1. The first-order chi connectivity index (χ1) is 9.36. The second-order valence-electron chi connectivity index (χ2n) is 4.60. The summed E-state index contributed by atoms with van der Waals surface area (Å²) in [7, 11) is -3.59. The van der Waals surface area contributed by atoms with Gasteiger partial charge in [-0.15, -0.1) is 11.3 Å². The summed E-state index contributed by atoms with van der Waals surface area (Å²) in [5.74, 6) is -0.783. The van der Waals surface area contributed by atoms with Crippen molar-refractivity contribution >= 4 is 27.3 Å². The predicted molar refractivity (Wildman–Crippen MR) is 79.8 cm³/mol. The maximum absolute atomic E-state index is 12.5. The molecule has 20 heavy (non-hydrogen) atoms. The third kappa shape index (κ3) is 3.80. The number of rotatable bonds is 8. The van der Waals surface area contributed by atoms with E-state index in [4.69, 9.17) is 5.11 Å². The van der Waals surface area contributed by atoms with E-state index in [2.05, 4.69) is 0 Å². The molecule has 7 heteroatoms. The van der Waals surface area contributed by atoms with Crippen LogP contribution in [0, 0.1) is 5.92 Å². The van der Waals surface area contributed by atoms with Crippen LogP contribution in [0.5, 0.6) is 0 Å². The van der Waals surface area contributed by atoms with Crippen molar-refractivity contribution in [3.05, 3.63) is 17.0 Å². The molecule has 0 saturated carbocycles. The smallest absolute Gasteiger partial charge is 0.336 e. The molecule has 1 N–H and O–H groups in total. The van der Waals surface area contributed by atoms with E-state index in [0.717, 1.165) is 24.2 Å². The maximum atomic E-state index is 12.5. The van der Waals surface area contributed by atoms with Gasteiger partial charge < -0.3 is 5.11 Å². The van der Waals surface area contributed by atoms with Crippen molar-refractivity contribution in [3.63, 3.8) is 0 Å². The van der Waals surface area contributed by atoms with E-state index in [1.165, 1.54) is 15.8 Å². The van der Waals surface area contributed by atoms with Gasteiger partial charge in [-0.05, 0) is 12.0 Å². The monoisotopic (exact) mass is 319 g/mol. The number of hydrogen-bond donors (Lipinski definition) is 1. The SMILES string of the molecule is CCC(CC)CN(CC)S(=O)(=O)c1cc(C(=O)O)cs1. The Labute approximate surface area is 124 Å². The van der Waals surface area contributed by atoms with Crippen LogP contribution in [0.25, 0.3) is 0 Å². The number of carboxylic acids is 1. The third-order valence-electron chi connectivity index (χ3n) is 3.39. The summed E-state index contributed by atoms with van der Waals surface area (Å²) in [6, 6.07) is 1.23. The van der Waals surface area contributed by atoms with E-state index in [1.807, 2.05) is 13.8 Å². The van der Waals surface area contributed by atoms with Gasteiger partial charge in [0.05, 0.1) is 5.56 Å². The molecular formula is C13H21NO4S2. The molecule has 0 spiro atoms. The minimum Gasteiger partial charge on any atom is -0.478 e. The Bertz CT molecular complexity index is 546. The highest BCUT2D eigenvalue weighted by atomic mass is 32.2. The molecule has 0 aliphatic rings. The fraction of sp³-hybridized carbons (Fsp3) is 0.615. The lowest BCUT2D eigenvalue weighted by Gasteiger charge is -2.24. The summed E-state index contributed by atoms with van der Waals surface area (Å²) in [5, 5.41) is 10.2. The Morgan fingerprint density at radius 3 is 2.35 bits per heavy atom. The Kier molecular flexibility index (Phi) is 6.16. The zero-order chi connectivity index (χ0) is 15.3. The molecule has 0 saturated heterocycles. The van der Waals surface area contributed by atoms with Gasteiger partial charge in [-0.2, -0.15) is 4.31 Å². The molecule has 0 aliphatic carbocycles. The molecule has 0 aromatic carbocycles. The van der Waals surface area contributed by atoms with Gasteiger partial charge in [-0.3, -0.25) is 0 Å². The van der Waals surface area contributed by atoms with Gasteiger partial charge in [0, 0.05) is 18.5 Å². The summed E-state index contributed by atoms with van der Waals surface area (Å²) in [5.41, 5.74) is 0.0205. The van der Waals surface area contributed by atoms with Crippen LogP contribution in [0.1, 0.15) is 44.0 Å². The van der Waals surface area contributed by atoms with Gasteiger partial charge in [0.15, 0.2) is 0 Å². The standard InChI is InChI=1S/C13H21NO4S2/c1-4-10(5-2)8-14(6-3)20(17,18)12-7-11(9-19-12)13(15)16/h7,9-10H,4-6,8H2,1-3H3,(H,15,16). The molecule has 0 unspecified atom stereocenters. The summed E-state index contributed by atoms with van der Waals surface area (Å²) >= 11 is 0.960. The molecule has 0 fully saturated rings. The molecule has 1 aromatic rings. The molecule has 1 aromatic heterocycles. The van der Waals surface area contributed by atoms with Crippen LogP contribution in [0.15, 0.2) is 15.7 Å². The molecular weight excluding hydrogens is 298 g/mol. The number of carbonyl (C=O) groups is 1. The van der Waals surface area contributed by atoms with Crippen LogP contribution in [0.2, 0.25) is 0 Å². The molecule has 1 heterocycles. The van der Waals surface area contributed by atoms with Crippen LogP contribution in [-0.4, -0.2) is 36.9 Å². The average Bonchev–Trinajstić information content (AvgIpc) is 2.90. The van der Waals surface area contributed by atoms with E-state index >= 15 is 0 Å². The molecule has 0 bridgehead atoms. The van der Waals surface area contributed by atoms with Crippen LogP contribution < -0.4 is 0 Å². The highest BCUT2D eigenvalue weighted by Gasteiger charge is 2.27. The van der Waals surface area contributed by atoms with Gasteiger partial charge in [0.2, 0.25) is 0 Å². The van der Waals surface area contributed by atoms with Crippen molar-refractivity contribution in [1.82, 2.24) is 4.31 Å². The normalized spacial score (nSPS) is 12.2. The minimum absolute atomic E-state index is 0.0205. The first kappa shape index (κ1) is 17.1. The largest absolute Gasteiger partial charge is 0.478 e. The summed E-state index contributed by atoms with van der Waals surface area (Å²) < 4.78 is 26.6. The summed E-state index contributed by atoms with van der Waals surface area (Å²) in [6.07, 6.45) is 1.85. The first-order valence-corrected chi connectivity index (χ1v) is 9.00. The van der Waals surface area contributed by atoms with Gasteiger partial charge in [0.25, 0.3) is 10.0 Å². The Balaban J connectivity index is 3.01. The minimum atomic E-state index is -3.59. The van der Waals surface area contributed by atoms with Gasteiger partial charge in [0.1, 0.15) is 4.21 Å². The van der Waals surface area contributed by atoms with Crippen LogP contribution >= 0.6 is 11.3 Å². The Hall–Kier alpha value is -0.920. The molecule has 5 nitrogen and oxygen atoms in total. The van der Waals surface area contributed by atoms with Gasteiger partial charge in [-0.1, -0.05) is 33.6 Å². The van der Waals surface area contributed by atoms with E-state index in [1.54, 1.807) is 6.92 Å². The fourth-order valence-corrected chi connectivity index (χ4v) is 4.75. The lowest BCUT2D eigenvalue weighted by molar-refractivity contribution is 0.0697. The van der Waals surface area contributed by atoms with Crippen molar-refractivity contribution < 1.29 is 18.3 Å². The number of thiophene rings is 1. The molecule has 0 amide bonds. The molecule has 114 valence electrons. The molecule has 0 atom stereocenters. The quantitative estimate of drug-likeness (QED) is 0.799. The van der Waals surface area contributed by atoms with Crippen LogP contribution in [0.3, 0.4) is 0 Å². The second kappa shape index (κ2) is 7.19.